The molecule has 0 saturated heterocycles. The minimum absolute atomic E-state index is 0. The van der Waals surface area contributed by atoms with Crippen LogP contribution in [0.25, 0.3) is 10.8 Å². The van der Waals surface area contributed by atoms with Crippen molar-refractivity contribution in [2.45, 2.75) is 19.9 Å². The van der Waals surface area contributed by atoms with E-state index in [1.165, 1.54) is 5.56 Å². The number of rotatable bonds is 4. The van der Waals surface area contributed by atoms with Crippen molar-refractivity contribution in [3.8, 4) is 0 Å². The quantitative estimate of drug-likeness (QED) is 0.366. The molecule has 0 bridgehead atoms. The van der Waals surface area contributed by atoms with Crippen molar-refractivity contribution >= 4 is 46.4 Å². The minimum atomic E-state index is 0. The molecule has 0 fully saturated rings. The van der Waals surface area contributed by atoms with E-state index in [9.17, 15) is 0 Å². The summed E-state index contributed by atoms with van der Waals surface area (Å²) in [5, 5.41) is 5.41. The zero-order valence-corrected chi connectivity index (χ0v) is 15.9. The first-order chi connectivity index (χ1) is 11.3. The summed E-state index contributed by atoms with van der Waals surface area (Å²) in [6, 6.07) is 18.3. The second kappa shape index (κ2) is 8.63. The van der Waals surface area contributed by atoms with Crippen LogP contribution in [0.2, 0.25) is 0 Å². The Kier molecular flexibility index (Phi) is 6.54. The number of nitrogens with one attached hydrogen (secondary N) is 1. The molecule has 0 unspecified atom stereocenters. The third-order valence-electron chi connectivity index (χ3n) is 3.76. The van der Waals surface area contributed by atoms with Crippen LogP contribution in [0, 0.1) is 0 Å². The highest BCUT2D eigenvalue weighted by Crippen LogP contribution is 2.17. The van der Waals surface area contributed by atoms with E-state index in [0.29, 0.717) is 12.5 Å². The second-order valence-corrected chi connectivity index (χ2v) is 5.36. The molecule has 3 aromatic rings. The topological polar surface area (TPSA) is 63.3 Å². The summed E-state index contributed by atoms with van der Waals surface area (Å²) < 4.78 is 0. The van der Waals surface area contributed by atoms with Crippen LogP contribution in [0.15, 0.2) is 65.8 Å². The Balaban J connectivity index is 0.00000208. The SMILES string of the molecule is CCc1cccc(NC(N)=NCc2nccc3ccccc23)c1.I. The molecule has 3 rings (SSSR count). The Labute approximate surface area is 159 Å². The zero-order chi connectivity index (χ0) is 16.1. The number of hydrogen-bond acceptors (Lipinski definition) is 2. The fourth-order valence-corrected chi connectivity index (χ4v) is 2.52. The van der Waals surface area contributed by atoms with Crippen molar-refractivity contribution in [1.82, 2.24) is 4.98 Å². The molecular weight excluding hydrogens is 411 g/mol. The fraction of sp³-hybridized carbons (Fsp3) is 0.158. The number of halogens is 1. The van der Waals surface area contributed by atoms with E-state index >= 15 is 0 Å². The number of anilines is 1. The van der Waals surface area contributed by atoms with Crippen LogP contribution >= 0.6 is 24.0 Å². The van der Waals surface area contributed by atoms with Gasteiger partial charge in [0.25, 0.3) is 0 Å². The van der Waals surface area contributed by atoms with Crippen molar-refractivity contribution in [2.24, 2.45) is 10.7 Å². The van der Waals surface area contributed by atoms with Crippen LogP contribution in [0.4, 0.5) is 5.69 Å². The molecule has 1 aromatic heterocycles. The first-order valence-electron chi connectivity index (χ1n) is 7.75. The van der Waals surface area contributed by atoms with Gasteiger partial charge in [-0.2, -0.15) is 0 Å². The number of pyridine rings is 1. The average molecular weight is 432 g/mol. The highest BCUT2D eigenvalue weighted by Gasteiger charge is 2.02. The van der Waals surface area contributed by atoms with Gasteiger partial charge in [-0.05, 0) is 35.6 Å². The van der Waals surface area contributed by atoms with E-state index in [1.54, 1.807) is 0 Å². The Hall–Kier alpha value is -2.15. The standard InChI is InChI=1S/C19H20N4.HI/c1-2-14-6-5-8-16(12-14)23-19(20)22-13-18-17-9-4-3-7-15(17)10-11-21-18;/h3-12H,2,13H2,1H3,(H3,20,22,23);1H. The third kappa shape index (κ3) is 4.44. The number of fused-ring (bicyclic) bond motifs is 1. The van der Waals surface area contributed by atoms with E-state index in [-0.39, 0.29) is 24.0 Å². The van der Waals surface area contributed by atoms with Crippen molar-refractivity contribution in [3.05, 3.63) is 72.1 Å². The molecule has 0 aliphatic heterocycles. The first-order valence-corrected chi connectivity index (χ1v) is 7.75. The largest absolute Gasteiger partial charge is 0.370 e. The van der Waals surface area contributed by atoms with Crippen molar-refractivity contribution in [3.63, 3.8) is 0 Å². The van der Waals surface area contributed by atoms with Gasteiger partial charge in [0.1, 0.15) is 0 Å². The van der Waals surface area contributed by atoms with Gasteiger partial charge in [0.2, 0.25) is 0 Å². The summed E-state index contributed by atoms with van der Waals surface area (Å²) in [7, 11) is 0. The molecule has 0 radical (unpaired) electrons. The van der Waals surface area contributed by atoms with Gasteiger partial charge in [-0.1, -0.05) is 43.3 Å². The monoisotopic (exact) mass is 432 g/mol. The molecule has 2 aromatic carbocycles. The summed E-state index contributed by atoms with van der Waals surface area (Å²) in [6.07, 6.45) is 2.80. The Morgan fingerprint density at radius 3 is 2.79 bits per heavy atom. The summed E-state index contributed by atoms with van der Waals surface area (Å²) in [5.74, 6) is 0.396. The van der Waals surface area contributed by atoms with E-state index in [2.05, 4.69) is 46.5 Å². The number of guanidine groups is 1. The molecule has 1 heterocycles. The molecule has 0 amide bonds. The van der Waals surface area contributed by atoms with Crippen LogP contribution in [0.5, 0.6) is 0 Å². The van der Waals surface area contributed by atoms with E-state index in [1.807, 2.05) is 36.5 Å². The van der Waals surface area contributed by atoms with E-state index in [0.717, 1.165) is 28.6 Å². The molecule has 0 aliphatic rings. The van der Waals surface area contributed by atoms with Gasteiger partial charge < -0.3 is 11.1 Å². The Morgan fingerprint density at radius 2 is 1.96 bits per heavy atom. The van der Waals surface area contributed by atoms with Crippen LogP contribution in [0.1, 0.15) is 18.2 Å². The molecule has 0 aliphatic carbocycles. The lowest BCUT2D eigenvalue weighted by Gasteiger charge is -2.08. The smallest absolute Gasteiger partial charge is 0.193 e. The Bertz CT molecular complexity index is 840. The molecule has 124 valence electrons. The maximum Gasteiger partial charge on any atom is 0.193 e. The number of nitrogens with two attached hydrogens (primary N) is 1. The van der Waals surface area contributed by atoms with Gasteiger partial charge in [0.05, 0.1) is 12.2 Å². The maximum atomic E-state index is 6.00. The van der Waals surface area contributed by atoms with Crippen molar-refractivity contribution < 1.29 is 0 Å². The molecule has 0 saturated carbocycles. The normalized spacial score (nSPS) is 11.1. The molecule has 3 N–H and O–H groups in total. The van der Waals surface area contributed by atoms with E-state index in [4.69, 9.17) is 5.73 Å². The highest BCUT2D eigenvalue weighted by molar-refractivity contribution is 14.0. The van der Waals surface area contributed by atoms with Gasteiger partial charge in [-0.3, -0.25) is 4.98 Å². The van der Waals surface area contributed by atoms with Crippen LogP contribution in [-0.2, 0) is 13.0 Å². The van der Waals surface area contributed by atoms with Gasteiger partial charge in [0, 0.05) is 17.3 Å². The molecule has 24 heavy (non-hydrogen) atoms. The van der Waals surface area contributed by atoms with Gasteiger partial charge in [-0.25, -0.2) is 4.99 Å². The van der Waals surface area contributed by atoms with Gasteiger partial charge in [0.15, 0.2) is 5.96 Å². The Morgan fingerprint density at radius 1 is 1.12 bits per heavy atom. The lowest BCUT2D eigenvalue weighted by atomic mass is 10.1. The van der Waals surface area contributed by atoms with Gasteiger partial charge >= 0.3 is 0 Å². The zero-order valence-electron chi connectivity index (χ0n) is 13.6. The number of aromatic nitrogens is 1. The predicted octanol–water partition coefficient (Wildman–Crippen LogP) is 4.34. The maximum absolute atomic E-state index is 6.00. The average Bonchev–Trinajstić information content (AvgIpc) is 2.60. The molecule has 4 nitrogen and oxygen atoms in total. The number of aliphatic imine (C=N–C) groups is 1. The van der Waals surface area contributed by atoms with Crippen LogP contribution < -0.4 is 11.1 Å². The number of benzene rings is 2. The van der Waals surface area contributed by atoms with Crippen LogP contribution in [-0.4, -0.2) is 10.9 Å². The lowest BCUT2D eigenvalue weighted by molar-refractivity contribution is 1.00. The molecule has 0 spiro atoms. The summed E-state index contributed by atoms with van der Waals surface area (Å²) >= 11 is 0. The molecular formula is C19H21IN4. The van der Waals surface area contributed by atoms with Crippen molar-refractivity contribution in [2.75, 3.05) is 5.32 Å². The summed E-state index contributed by atoms with van der Waals surface area (Å²) in [4.78, 5) is 8.84. The number of nitrogens with zero attached hydrogens (tertiary/aromatic N) is 2. The number of aryl methyl sites for hydroxylation is 1. The second-order valence-electron chi connectivity index (χ2n) is 5.36. The van der Waals surface area contributed by atoms with Gasteiger partial charge in [-0.15, -0.1) is 24.0 Å². The minimum Gasteiger partial charge on any atom is -0.370 e. The highest BCUT2D eigenvalue weighted by atomic mass is 127. The number of hydrogen-bond donors (Lipinski definition) is 2. The predicted molar refractivity (Wildman–Crippen MR) is 112 cm³/mol. The first kappa shape index (κ1) is 18.2. The molecule has 0 atom stereocenters. The summed E-state index contributed by atoms with van der Waals surface area (Å²) in [6.45, 7) is 2.58. The van der Waals surface area contributed by atoms with Crippen LogP contribution in [0.3, 0.4) is 0 Å². The molecule has 5 heteroatoms. The van der Waals surface area contributed by atoms with Crippen molar-refractivity contribution in [1.29, 1.82) is 0 Å². The lowest BCUT2D eigenvalue weighted by Crippen LogP contribution is -2.22. The van der Waals surface area contributed by atoms with E-state index < -0.39 is 0 Å². The summed E-state index contributed by atoms with van der Waals surface area (Å²) in [5.41, 5.74) is 9.14. The fourth-order valence-electron chi connectivity index (χ4n) is 2.52. The third-order valence-corrected chi connectivity index (χ3v) is 3.76.